The first-order valence-corrected chi connectivity index (χ1v) is 8.92. The van der Waals surface area contributed by atoms with Crippen LogP contribution in [0.15, 0.2) is 78.9 Å². The van der Waals surface area contributed by atoms with Gasteiger partial charge in [0.2, 0.25) is 0 Å². The number of fused-ring (bicyclic) bond motifs is 3. The Kier molecular flexibility index (Phi) is 8.99. The molecule has 1 unspecified atom stereocenters. The Balaban J connectivity index is 0.00000121. The Morgan fingerprint density at radius 3 is 2.48 bits per heavy atom. The molecule has 2 aromatic rings. The van der Waals surface area contributed by atoms with Gasteiger partial charge in [0.25, 0.3) is 0 Å². The van der Waals surface area contributed by atoms with Gasteiger partial charge in [-0.2, -0.15) is 0 Å². The van der Waals surface area contributed by atoms with Crippen molar-refractivity contribution >= 4 is 0 Å². The maximum Gasteiger partial charge on any atom is 0.0145 e. The number of hydrogen-bond acceptors (Lipinski definition) is 0. The summed E-state index contributed by atoms with van der Waals surface area (Å²) < 4.78 is 0. The van der Waals surface area contributed by atoms with Crippen LogP contribution >= 0.6 is 0 Å². The molecule has 0 fully saturated rings. The fraction of sp³-hybridized carbons (Fsp3) is 0.250. The van der Waals surface area contributed by atoms with Crippen LogP contribution < -0.4 is 24.8 Å². The van der Waals surface area contributed by atoms with Crippen molar-refractivity contribution in [2.75, 3.05) is 0 Å². The normalized spacial score (nSPS) is 15.2. The predicted molar refractivity (Wildman–Crippen MR) is 103 cm³/mol. The zero-order chi connectivity index (χ0) is 16.6. The second kappa shape index (κ2) is 10.1. The quantitative estimate of drug-likeness (QED) is 0.312. The Bertz CT molecular complexity index is 866. The molecule has 3 heteroatoms. The van der Waals surface area contributed by atoms with Gasteiger partial charge in [0.05, 0.1) is 0 Å². The summed E-state index contributed by atoms with van der Waals surface area (Å²) in [5.41, 5.74) is 8.97. The van der Waals surface area contributed by atoms with Gasteiger partial charge in [-0.3, -0.25) is 0 Å². The van der Waals surface area contributed by atoms with E-state index >= 15 is 0 Å². The fourth-order valence-corrected chi connectivity index (χ4v) is 4.39. The molecule has 140 valence electrons. The maximum atomic E-state index is 3.95. The van der Waals surface area contributed by atoms with Crippen LogP contribution in [0.1, 0.15) is 42.9 Å². The van der Waals surface area contributed by atoms with Crippen molar-refractivity contribution in [2.45, 2.75) is 38.0 Å². The summed E-state index contributed by atoms with van der Waals surface area (Å²) in [6, 6.07) is 15.7. The standard InChI is InChI=1S/C24H24.2ClH.Hf/c1-3-4-16-24(2,19-11-6-7-12-19)23-15-9-14-21-20-13-8-5-10-18(20)17-22(21)23;;;/h3,5-11,13-15H,1,4,12,16-17H2,2H3;2*1H;/p-2. The van der Waals surface area contributed by atoms with Crippen molar-refractivity contribution in [3.63, 3.8) is 0 Å². The smallest absolute Gasteiger partial charge is 0.0145 e. The summed E-state index contributed by atoms with van der Waals surface area (Å²) in [5.74, 6) is 0. The van der Waals surface area contributed by atoms with Crippen LogP contribution in [0.5, 0.6) is 0 Å². The minimum atomic E-state index is 0. The molecule has 0 aliphatic heterocycles. The van der Waals surface area contributed by atoms with E-state index in [1.165, 1.54) is 33.4 Å². The third-order valence-corrected chi connectivity index (χ3v) is 5.77. The predicted octanol–water partition coefficient (Wildman–Crippen LogP) is 0.374. The van der Waals surface area contributed by atoms with Crippen molar-refractivity contribution in [1.29, 1.82) is 0 Å². The van der Waals surface area contributed by atoms with Crippen molar-refractivity contribution in [3.8, 4) is 11.1 Å². The molecule has 0 nitrogen and oxygen atoms in total. The Hall–Kier alpha value is -0.890. The molecule has 4 rings (SSSR count). The van der Waals surface area contributed by atoms with E-state index in [4.69, 9.17) is 0 Å². The minimum absolute atomic E-state index is 0. The molecule has 2 aromatic carbocycles. The second-order valence-electron chi connectivity index (χ2n) is 7.15. The molecule has 0 saturated carbocycles. The third-order valence-electron chi connectivity index (χ3n) is 5.77. The summed E-state index contributed by atoms with van der Waals surface area (Å²) >= 11 is 0. The largest absolute Gasteiger partial charge is 1.00 e. The van der Waals surface area contributed by atoms with E-state index in [0.29, 0.717) is 0 Å². The van der Waals surface area contributed by atoms with Crippen LogP contribution in [0.4, 0.5) is 0 Å². The molecule has 2 aliphatic rings. The van der Waals surface area contributed by atoms with E-state index in [1.807, 2.05) is 0 Å². The molecule has 0 N–H and O–H groups in total. The molecular formula is C24H24Cl2Hf-2. The SMILES string of the molecule is C=CCCC(C)(C1=CC=CC1)c1cccc2c1Cc1ccccc1-2.[Cl-].[Cl-].[Hf]. The molecule has 27 heavy (non-hydrogen) atoms. The Morgan fingerprint density at radius 1 is 1.04 bits per heavy atom. The van der Waals surface area contributed by atoms with E-state index in [9.17, 15) is 0 Å². The topological polar surface area (TPSA) is 0 Å². The van der Waals surface area contributed by atoms with Crippen molar-refractivity contribution in [1.82, 2.24) is 0 Å². The van der Waals surface area contributed by atoms with Crippen LogP contribution in [-0.2, 0) is 37.7 Å². The third kappa shape index (κ3) is 4.26. The van der Waals surface area contributed by atoms with Gasteiger partial charge in [-0.25, -0.2) is 0 Å². The zero-order valence-corrected chi connectivity index (χ0v) is 20.7. The average molecular weight is 562 g/mol. The summed E-state index contributed by atoms with van der Waals surface area (Å²) in [5, 5.41) is 0. The van der Waals surface area contributed by atoms with Crippen LogP contribution in [0.25, 0.3) is 11.1 Å². The molecule has 0 bridgehead atoms. The summed E-state index contributed by atoms with van der Waals surface area (Å²) in [6.07, 6.45) is 13.2. The number of rotatable bonds is 5. The minimum Gasteiger partial charge on any atom is -1.00 e. The van der Waals surface area contributed by atoms with Crippen LogP contribution in [0, 0.1) is 0 Å². The van der Waals surface area contributed by atoms with Gasteiger partial charge < -0.3 is 24.8 Å². The number of benzene rings is 2. The van der Waals surface area contributed by atoms with Crippen LogP contribution in [0.3, 0.4) is 0 Å². The van der Waals surface area contributed by atoms with Gasteiger partial charge in [0.15, 0.2) is 0 Å². The van der Waals surface area contributed by atoms with E-state index in [2.05, 4.69) is 80.3 Å². The number of allylic oxidation sites excluding steroid dienone is 5. The van der Waals surface area contributed by atoms with E-state index in [1.54, 1.807) is 0 Å². The van der Waals surface area contributed by atoms with Crippen molar-refractivity contribution in [2.24, 2.45) is 0 Å². The second-order valence-corrected chi connectivity index (χ2v) is 7.15. The number of hydrogen-bond donors (Lipinski definition) is 0. The first-order chi connectivity index (χ1) is 11.7. The van der Waals surface area contributed by atoms with Crippen molar-refractivity contribution in [3.05, 3.63) is 95.6 Å². The molecule has 0 amide bonds. The Morgan fingerprint density at radius 2 is 1.78 bits per heavy atom. The number of halogens is 2. The van der Waals surface area contributed by atoms with Crippen LogP contribution in [-0.4, -0.2) is 0 Å². The first-order valence-electron chi connectivity index (χ1n) is 8.92. The van der Waals surface area contributed by atoms with Crippen molar-refractivity contribution < 1.29 is 50.7 Å². The van der Waals surface area contributed by atoms with Crippen LogP contribution in [0.2, 0.25) is 0 Å². The molecule has 1 atom stereocenters. The molecular weight excluding hydrogens is 538 g/mol. The average Bonchev–Trinajstić information content (AvgIpc) is 3.27. The van der Waals surface area contributed by atoms with Gasteiger partial charge in [-0.15, -0.1) is 6.58 Å². The van der Waals surface area contributed by atoms with Gasteiger partial charge >= 0.3 is 0 Å². The monoisotopic (exact) mass is 562 g/mol. The summed E-state index contributed by atoms with van der Waals surface area (Å²) in [7, 11) is 0. The molecule has 0 saturated heterocycles. The molecule has 0 heterocycles. The molecule has 0 radical (unpaired) electrons. The van der Waals surface area contributed by atoms with E-state index in [0.717, 1.165) is 25.7 Å². The van der Waals surface area contributed by atoms with Gasteiger partial charge in [-0.05, 0) is 53.5 Å². The van der Waals surface area contributed by atoms with E-state index in [-0.39, 0.29) is 56.1 Å². The van der Waals surface area contributed by atoms with Gasteiger partial charge in [-0.1, -0.05) is 79.3 Å². The zero-order valence-electron chi connectivity index (χ0n) is 15.6. The van der Waals surface area contributed by atoms with Gasteiger partial charge in [0.1, 0.15) is 0 Å². The summed E-state index contributed by atoms with van der Waals surface area (Å²) in [4.78, 5) is 0. The van der Waals surface area contributed by atoms with E-state index < -0.39 is 0 Å². The van der Waals surface area contributed by atoms with Gasteiger partial charge in [0, 0.05) is 31.3 Å². The Labute approximate surface area is 194 Å². The molecule has 0 spiro atoms. The fourth-order valence-electron chi connectivity index (χ4n) is 4.39. The molecule has 0 aromatic heterocycles. The first kappa shape index (κ1) is 24.1. The molecule has 2 aliphatic carbocycles. The maximum absolute atomic E-state index is 3.95. The summed E-state index contributed by atoms with van der Waals surface area (Å²) in [6.45, 7) is 6.38.